The van der Waals surface area contributed by atoms with Crippen molar-refractivity contribution < 1.29 is 4.79 Å². The van der Waals surface area contributed by atoms with Crippen molar-refractivity contribution in [1.82, 2.24) is 5.32 Å². The molecule has 120 valence electrons. The van der Waals surface area contributed by atoms with Gasteiger partial charge in [0, 0.05) is 4.88 Å². The Morgan fingerprint density at radius 3 is 2.74 bits per heavy atom. The Bertz CT molecular complexity index is 747. The SMILES string of the molecule is CCc1ccc([C@@H]2NC(=O)c3c(sc4c3CC[C@@H](C)C4)N2)cc1. The highest BCUT2D eigenvalue weighted by Crippen LogP contribution is 2.42. The summed E-state index contributed by atoms with van der Waals surface area (Å²) in [7, 11) is 0. The molecule has 2 N–H and O–H groups in total. The average Bonchev–Trinajstić information content (AvgIpc) is 2.92. The minimum absolute atomic E-state index is 0.0790. The van der Waals surface area contributed by atoms with Gasteiger partial charge < -0.3 is 10.6 Å². The van der Waals surface area contributed by atoms with E-state index in [0.29, 0.717) is 0 Å². The summed E-state index contributed by atoms with van der Waals surface area (Å²) < 4.78 is 0. The number of fused-ring (bicyclic) bond motifs is 3. The second-order valence-electron chi connectivity index (χ2n) is 6.70. The van der Waals surface area contributed by atoms with Gasteiger partial charge in [-0.2, -0.15) is 0 Å². The number of amides is 1. The van der Waals surface area contributed by atoms with Gasteiger partial charge in [-0.3, -0.25) is 4.79 Å². The Kier molecular flexibility index (Phi) is 3.64. The van der Waals surface area contributed by atoms with E-state index in [4.69, 9.17) is 0 Å². The van der Waals surface area contributed by atoms with Crippen molar-refractivity contribution in [3.63, 3.8) is 0 Å². The Morgan fingerprint density at radius 2 is 2.00 bits per heavy atom. The van der Waals surface area contributed by atoms with E-state index in [1.807, 2.05) is 0 Å². The molecule has 1 aliphatic heterocycles. The first-order valence-corrected chi connectivity index (χ1v) is 9.28. The Hall–Kier alpha value is -1.81. The van der Waals surface area contributed by atoms with Crippen molar-refractivity contribution in [2.45, 2.75) is 45.7 Å². The quantitative estimate of drug-likeness (QED) is 0.864. The van der Waals surface area contributed by atoms with Crippen molar-refractivity contribution in [1.29, 1.82) is 0 Å². The van der Waals surface area contributed by atoms with E-state index >= 15 is 0 Å². The zero-order valence-corrected chi connectivity index (χ0v) is 14.4. The van der Waals surface area contributed by atoms with Gasteiger partial charge in [0.15, 0.2) is 0 Å². The van der Waals surface area contributed by atoms with Crippen LogP contribution in [0.2, 0.25) is 0 Å². The number of carbonyl (C=O) groups excluding carboxylic acids is 1. The Balaban J connectivity index is 1.65. The maximum absolute atomic E-state index is 12.7. The number of rotatable bonds is 2. The van der Waals surface area contributed by atoms with Crippen molar-refractivity contribution in [2.75, 3.05) is 5.32 Å². The zero-order chi connectivity index (χ0) is 16.0. The lowest BCUT2D eigenvalue weighted by Crippen LogP contribution is -2.38. The molecule has 0 fully saturated rings. The highest BCUT2D eigenvalue weighted by Gasteiger charge is 2.32. The molecular formula is C19H22N2OS. The minimum Gasteiger partial charge on any atom is -0.353 e. The molecule has 23 heavy (non-hydrogen) atoms. The fourth-order valence-electron chi connectivity index (χ4n) is 3.58. The standard InChI is InChI=1S/C19H22N2OS/c1-3-12-5-7-13(8-6-12)17-20-18(22)16-14-9-4-11(2)10-15(14)23-19(16)21-17/h5-8,11,17,21H,3-4,9-10H2,1-2H3,(H,20,22)/t11-,17-/m1/s1. The fourth-order valence-corrected chi connectivity index (χ4v) is 5.01. The first kappa shape index (κ1) is 14.8. The van der Waals surface area contributed by atoms with Gasteiger partial charge >= 0.3 is 0 Å². The molecular weight excluding hydrogens is 304 g/mol. The van der Waals surface area contributed by atoms with Gasteiger partial charge in [0.2, 0.25) is 0 Å². The molecule has 1 aromatic heterocycles. The molecule has 1 aliphatic carbocycles. The number of anilines is 1. The third-order valence-electron chi connectivity index (χ3n) is 5.01. The van der Waals surface area contributed by atoms with Gasteiger partial charge in [-0.05, 0) is 48.3 Å². The smallest absolute Gasteiger partial charge is 0.256 e. The highest BCUT2D eigenvalue weighted by atomic mass is 32.1. The minimum atomic E-state index is -0.126. The van der Waals surface area contributed by atoms with Crippen LogP contribution in [0, 0.1) is 5.92 Å². The number of carbonyl (C=O) groups is 1. The number of nitrogens with one attached hydrogen (secondary N) is 2. The highest BCUT2D eigenvalue weighted by molar-refractivity contribution is 7.16. The van der Waals surface area contributed by atoms with E-state index in [0.717, 1.165) is 41.3 Å². The molecule has 3 nitrogen and oxygen atoms in total. The van der Waals surface area contributed by atoms with E-state index < -0.39 is 0 Å². The van der Waals surface area contributed by atoms with E-state index in [2.05, 4.69) is 48.7 Å². The molecule has 1 aromatic carbocycles. The second-order valence-corrected chi connectivity index (χ2v) is 7.81. The first-order valence-electron chi connectivity index (χ1n) is 8.46. The summed E-state index contributed by atoms with van der Waals surface area (Å²) in [6.07, 6.45) is 4.24. The molecule has 1 amide bonds. The molecule has 2 aromatic rings. The molecule has 2 atom stereocenters. The number of benzene rings is 1. The molecule has 4 rings (SSSR count). The summed E-state index contributed by atoms with van der Waals surface area (Å²) >= 11 is 1.78. The van der Waals surface area contributed by atoms with Crippen LogP contribution in [0.15, 0.2) is 24.3 Å². The topological polar surface area (TPSA) is 41.1 Å². The number of aryl methyl sites for hydroxylation is 1. The molecule has 2 heterocycles. The van der Waals surface area contributed by atoms with Crippen LogP contribution in [0.25, 0.3) is 0 Å². The monoisotopic (exact) mass is 326 g/mol. The number of thiophene rings is 1. The fraction of sp³-hybridized carbons (Fsp3) is 0.421. The van der Waals surface area contributed by atoms with Crippen LogP contribution < -0.4 is 10.6 Å². The molecule has 2 aliphatic rings. The van der Waals surface area contributed by atoms with E-state index in [1.165, 1.54) is 22.4 Å². The van der Waals surface area contributed by atoms with Gasteiger partial charge in [-0.1, -0.05) is 38.1 Å². The van der Waals surface area contributed by atoms with Crippen molar-refractivity contribution in [3.8, 4) is 0 Å². The van der Waals surface area contributed by atoms with Crippen molar-refractivity contribution in [2.24, 2.45) is 5.92 Å². The van der Waals surface area contributed by atoms with E-state index in [-0.39, 0.29) is 12.1 Å². The Labute approximate surface area is 141 Å². The lowest BCUT2D eigenvalue weighted by Gasteiger charge is -2.27. The van der Waals surface area contributed by atoms with E-state index in [1.54, 1.807) is 11.3 Å². The lowest BCUT2D eigenvalue weighted by molar-refractivity contribution is 0.0935. The van der Waals surface area contributed by atoms with Gasteiger partial charge in [0.05, 0.1) is 5.56 Å². The molecule has 0 radical (unpaired) electrons. The van der Waals surface area contributed by atoms with Crippen molar-refractivity contribution in [3.05, 3.63) is 51.4 Å². The molecule has 0 saturated carbocycles. The zero-order valence-electron chi connectivity index (χ0n) is 13.6. The van der Waals surface area contributed by atoms with Crippen LogP contribution in [0.1, 0.15) is 58.4 Å². The largest absolute Gasteiger partial charge is 0.353 e. The van der Waals surface area contributed by atoms with Gasteiger partial charge in [-0.15, -0.1) is 11.3 Å². The van der Waals surface area contributed by atoms with Gasteiger partial charge in [-0.25, -0.2) is 0 Å². The average molecular weight is 326 g/mol. The summed E-state index contributed by atoms with van der Waals surface area (Å²) in [5.74, 6) is 0.804. The van der Waals surface area contributed by atoms with Crippen molar-refractivity contribution >= 4 is 22.2 Å². The number of hydrogen-bond donors (Lipinski definition) is 2. The molecule has 4 heteroatoms. The number of hydrogen-bond acceptors (Lipinski definition) is 3. The first-order chi connectivity index (χ1) is 11.2. The lowest BCUT2D eigenvalue weighted by atomic mass is 9.88. The van der Waals surface area contributed by atoms with E-state index in [9.17, 15) is 4.79 Å². The summed E-state index contributed by atoms with van der Waals surface area (Å²) in [5.41, 5.74) is 4.62. The molecule has 0 spiro atoms. The van der Waals surface area contributed by atoms with Gasteiger partial charge in [0.25, 0.3) is 5.91 Å². The normalized spacial score (nSPS) is 22.8. The second kappa shape index (κ2) is 5.68. The summed E-state index contributed by atoms with van der Waals surface area (Å²) in [6, 6.07) is 8.49. The van der Waals surface area contributed by atoms with Crippen LogP contribution in [0.4, 0.5) is 5.00 Å². The third-order valence-corrected chi connectivity index (χ3v) is 6.20. The molecule has 0 saturated heterocycles. The molecule has 0 bridgehead atoms. The van der Waals surface area contributed by atoms with Crippen LogP contribution >= 0.6 is 11.3 Å². The summed E-state index contributed by atoms with van der Waals surface area (Å²) in [4.78, 5) is 14.1. The van der Waals surface area contributed by atoms with Crippen LogP contribution in [-0.2, 0) is 19.3 Å². The summed E-state index contributed by atoms with van der Waals surface area (Å²) in [6.45, 7) is 4.45. The van der Waals surface area contributed by atoms with Crippen LogP contribution in [0.5, 0.6) is 0 Å². The summed E-state index contributed by atoms with van der Waals surface area (Å²) in [5, 5.41) is 7.72. The maximum Gasteiger partial charge on any atom is 0.256 e. The van der Waals surface area contributed by atoms with Gasteiger partial charge in [0.1, 0.15) is 11.2 Å². The Morgan fingerprint density at radius 1 is 1.22 bits per heavy atom. The van der Waals surface area contributed by atoms with Crippen LogP contribution in [-0.4, -0.2) is 5.91 Å². The van der Waals surface area contributed by atoms with Crippen LogP contribution in [0.3, 0.4) is 0 Å². The third kappa shape index (κ3) is 2.55. The predicted molar refractivity (Wildman–Crippen MR) is 95.2 cm³/mol. The maximum atomic E-state index is 12.7. The molecule has 0 unspecified atom stereocenters. The predicted octanol–water partition coefficient (Wildman–Crippen LogP) is 4.29.